The predicted molar refractivity (Wildman–Crippen MR) is 70.0 cm³/mol. The zero-order chi connectivity index (χ0) is 12.7. The van der Waals surface area contributed by atoms with Crippen molar-refractivity contribution in [1.82, 2.24) is 0 Å². The smallest absolute Gasteiger partial charge is 0.0984 e. The first-order chi connectivity index (χ1) is 7.03. The maximum atomic E-state index is 10.4. The molecule has 0 radical (unpaired) electrons. The molecule has 0 fully saturated rings. The molecule has 0 aliphatic carbocycles. The maximum Gasteiger partial charge on any atom is 0.0984 e. The summed E-state index contributed by atoms with van der Waals surface area (Å²) in [7, 11) is 0. The van der Waals surface area contributed by atoms with Crippen LogP contribution >= 0.6 is 0 Å². The van der Waals surface area contributed by atoms with Crippen molar-refractivity contribution < 1.29 is 21.6 Å². The van der Waals surface area contributed by atoms with Crippen LogP contribution in [-0.4, -0.2) is 5.11 Å². The Kier molecular flexibility index (Phi) is 4.76. The zero-order valence-electron chi connectivity index (χ0n) is 11.6. The fourth-order valence-corrected chi connectivity index (χ4v) is 1.84. The van der Waals surface area contributed by atoms with Crippen molar-refractivity contribution in [2.24, 2.45) is 0 Å². The third kappa shape index (κ3) is 3.67. The van der Waals surface area contributed by atoms with Gasteiger partial charge in [0, 0.05) is 16.5 Å². The van der Waals surface area contributed by atoms with Gasteiger partial charge in [0.1, 0.15) is 0 Å². The fourth-order valence-electron chi connectivity index (χ4n) is 1.84. The summed E-state index contributed by atoms with van der Waals surface area (Å²) in [4.78, 5) is 0. The molecule has 0 aliphatic heterocycles. The largest absolute Gasteiger partial charge is 0.510 e. The van der Waals surface area contributed by atoms with E-state index in [-0.39, 0.29) is 27.3 Å². The van der Waals surface area contributed by atoms with Gasteiger partial charge in [0.25, 0.3) is 0 Å². The molecule has 0 heterocycles. The predicted octanol–water partition coefficient (Wildman–Crippen LogP) is 4.17. The van der Waals surface area contributed by atoms with E-state index in [0.29, 0.717) is 5.75 Å². The molecule has 0 bridgehead atoms. The summed E-state index contributed by atoms with van der Waals surface area (Å²) >= 11 is 0. The second kappa shape index (κ2) is 4.94. The van der Waals surface area contributed by atoms with Gasteiger partial charge in [-0.15, -0.1) is 0 Å². The Hall–Kier alpha value is -0.616. The minimum Gasteiger partial charge on any atom is -0.510 e. The van der Waals surface area contributed by atoms with Crippen LogP contribution in [0.4, 0.5) is 0 Å². The van der Waals surface area contributed by atoms with Crippen LogP contribution in [0.15, 0.2) is 12.1 Å². The average molecular weight is 278 g/mol. The number of phenolic OH excluding ortho intramolecular Hbond substituents is 1. The van der Waals surface area contributed by atoms with E-state index < -0.39 is 0 Å². The molecule has 0 saturated heterocycles. The minimum atomic E-state index is -0.0578. The number of aromatic hydroxyl groups is 1. The molecule has 0 amide bonds. The summed E-state index contributed by atoms with van der Waals surface area (Å²) in [5.41, 5.74) is 2.80. The van der Waals surface area contributed by atoms with Gasteiger partial charge < -0.3 is 5.11 Å². The summed E-state index contributed by atoms with van der Waals surface area (Å²) in [6.07, 6.45) is 0. The second-order valence-electron chi connectivity index (χ2n) is 6.54. The van der Waals surface area contributed by atoms with Crippen LogP contribution in [0.25, 0.3) is 0 Å². The molecule has 100 valence electrons. The van der Waals surface area contributed by atoms with Crippen LogP contribution in [0.2, 0.25) is 0 Å². The van der Waals surface area contributed by atoms with Gasteiger partial charge in [-0.2, -0.15) is 24.6 Å². The number of rotatable bonds is 0. The van der Waals surface area contributed by atoms with Crippen molar-refractivity contribution in [3.05, 3.63) is 35.7 Å². The Labute approximate surface area is 116 Å². The summed E-state index contributed by atoms with van der Waals surface area (Å²) in [6.45, 7) is 16.6. The molecule has 0 aliphatic rings. The topological polar surface area (TPSA) is 20.2 Å². The third-order valence-electron chi connectivity index (χ3n) is 2.79. The van der Waals surface area contributed by atoms with Crippen LogP contribution in [-0.2, 0) is 27.3 Å². The Morgan fingerprint density at radius 1 is 0.882 bits per heavy atom. The molecule has 0 atom stereocenters. The van der Waals surface area contributed by atoms with E-state index in [0.717, 1.165) is 16.7 Å². The summed E-state index contributed by atoms with van der Waals surface area (Å²) in [5, 5.41) is 10.4. The first kappa shape index (κ1) is 16.4. The van der Waals surface area contributed by atoms with Crippen LogP contribution in [0, 0.1) is 6.92 Å². The van der Waals surface area contributed by atoms with Gasteiger partial charge in [0.15, 0.2) is 0 Å². The van der Waals surface area contributed by atoms with Crippen molar-refractivity contribution in [3.63, 3.8) is 0 Å². The SMILES string of the molecule is [CH2-]c1cc(C(C)(C)C)c(O)c(C(C)(C)C)c1.[Ni]. The van der Waals surface area contributed by atoms with E-state index in [1.54, 1.807) is 0 Å². The first-order valence-corrected chi connectivity index (χ1v) is 5.73. The van der Waals surface area contributed by atoms with Gasteiger partial charge in [-0.3, -0.25) is 0 Å². The second-order valence-corrected chi connectivity index (χ2v) is 6.54. The van der Waals surface area contributed by atoms with E-state index in [2.05, 4.69) is 48.5 Å². The monoisotopic (exact) mass is 277 g/mol. The normalized spacial score (nSPS) is 12.1. The number of hydrogen-bond acceptors (Lipinski definition) is 1. The van der Waals surface area contributed by atoms with E-state index >= 15 is 0 Å². The van der Waals surface area contributed by atoms with Gasteiger partial charge in [0.05, 0.1) is 5.75 Å². The van der Waals surface area contributed by atoms with Gasteiger partial charge in [-0.1, -0.05) is 52.7 Å². The molecular weight excluding hydrogens is 255 g/mol. The molecule has 0 spiro atoms. The van der Waals surface area contributed by atoms with Gasteiger partial charge in [0.2, 0.25) is 0 Å². The number of hydrogen-bond donors (Lipinski definition) is 1. The molecular formula is C15H23NiO-. The van der Waals surface area contributed by atoms with Crippen molar-refractivity contribution in [1.29, 1.82) is 0 Å². The van der Waals surface area contributed by atoms with Crippen molar-refractivity contribution >= 4 is 0 Å². The van der Waals surface area contributed by atoms with E-state index in [1.807, 2.05) is 12.1 Å². The van der Waals surface area contributed by atoms with Gasteiger partial charge >= 0.3 is 0 Å². The van der Waals surface area contributed by atoms with Crippen molar-refractivity contribution in [3.8, 4) is 5.75 Å². The summed E-state index contributed by atoms with van der Waals surface area (Å²) < 4.78 is 0. The van der Waals surface area contributed by atoms with E-state index in [1.165, 1.54) is 0 Å². The van der Waals surface area contributed by atoms with Crippen molar-refractivity contribution in [2.45, 2.75) is 52.4 Å². The Morgan fingerprint density at radius 3 is 1.41 bits per heavy atom. The first-order valence-electron chi connectivity index (χ1n) is 5.73. The van der Waals surface area contributed by atoms with Crippen LogP contribution in [0.1, 0.15) is 58.2 Å². The molecule has 0 saturated carbocycles. The molecule has 17 heavy (non-hydrogen) atoms. The Morgan fingerprint density at radius 2 is 1.18 bits per heavy atom. The number of benzene rings is 1. The molecule has 2 heteroatoms. The Balaban J connectivity index is 0.00000256. The maximum absolute atomic E-state index is 10.4. The molecule has 1 aromatic carbocycles. The van der Waals surface area contributed by atoms with Crippen molar-refractivity contribution in [2.75, 3.05) is 0 Å². The molecule has 1 nitrogen and oxygen atoms in total. The molecule has 1 aromatic rings. The molecule has 0 unspecified atom stereocenters. The quantitative estimate of drug-likeness (QED) is 0.558. The van der Waals surface area contributed by atoms with Crippen LogP contribution in [0.5, 0.6) is 5.75 Å². The molecule has 0 aromatic heterocycles. The summed E-state index contributed by atoms with van der Waals surface area (Å²) in [5.74, 6) is 0.424. The van der Waals surface area contributed by atoms with E-state index in [9.17, 15) is 5.11 Å². The summed E-state index contributed by atoms with van der Waals surface area (Å²) in [6, 6.07) is 3.95. The standard InChI is InChI=1S/C15H23O.Ni/c1-10-8-11(14(2,3)4)13(16)12(9-10)15(5,6)7;/h8-9,16H,1H2,2-7H3;/q-1;. The minimum absolute atomic E-state index is 0. The van der Waals surface area contributed by atoms with Gasteiger partial charge in [-0.25, -0.2) is 0 Å². The average Bonchev–Trinajstić information content (AvgIpc) is 2.04. The van der Waals surface area contributed by atoms with E-state index in [4.69, 9.17) is 0 Å². The molecule has 1 N–H and O–H groups in total. The number of phenols is 1. The fraction of sp³-hybridized carbons (Fsp3) is 0.533. The van der Waals surface area contributed by atoms with Crippen LogP contribution in [0.3, 0.4) is 0 Å². The van der Waals surface area contributed by atoms with Crippen LogP contribution < -0.4 is 0 Å². The zero-order valence-corrected chi connectivity index (χ0v) is 12.6. The Bertz CT molecular complexity index is 359. The third-order valence-corrected chi connectivity index (χ3v) is 2.79. The molecule has 1 rings (SSSR count). The van der Waals surface area contributed by atoms with Gasteiger partial charge in [-0.05, 0) is 10.8 Å².